The minimum atomic E-state index is -0.408. The second-order valence-electron chi connectivity index (χ2n) is 5.52. The van der Waals surface area contributed by atoms with Gasteiger partial charge in [-0.05, 0) is 23.3 Å². The Morgan fingerprint density at radius 1 is 1.06 bits per heavy atom. The van der Waals surface area contributed by atoms with Crippen molar-refractivity contribution in [3.05, 3.63) is 34.9 Å². The summed E-state index contributed by atoms with van der Waals surface area (Å²) >= 11 is 0. The van der Waals surface area contributed by atoms with E-state index in [0.717, 1.165) is 16.7 Å². The van der Waals surface area contributed by atoms with Crippen LogP contribution >= 0.6 is 0 Å². The van der Waals surface area contributed by atoms with Crippen molar-refractivity contribution in [1.82, 2.24) is 0 Å². The van der Waals surface area contributed by atoms with Crippen LogP contribution in [0.1, 0.15) is 36.8 Å². The summed E-state index contributed by atoms with van der Waals surface area (Å²) in [4.78, 5) is 0. The fourth-order valence-electron chi connectivity index (χ4n) is 1.99. The smallest absolute Gasteiger partial charge is 0.183 e. The Hall–Kier alpha value is -0.940. The third-order valence-electron chi connectivity index (χ3n) is 2.96. The van der Waals surface area contributed by atoms with Crippen molar-refractivity contribution < 1.29 is 19.7 Å². The highest BCUT2D eigenvalue weighted by Crippen LogP contribution is 2.31. The molecule has 1 saturated heterocycles. The highest BCUT2D eigenvalue weighted by atomic mass is 16.7. The first-order valence-corrected chi connectivity index (χ1v) is 6.12. The highest BCUT2D eigenvalue weighted by Gasteiger charge is 2.29. The van der Waals surface area contributed by atoms with E-state index in [0.29, 0.717) is 13.2 Å². The predicted octanol–water partition coefficient (Wildman–Crippen LogP) is 1.74. The maximum Gasteiger partial charge on any atom is 0.183 e. The van der Waals surface area contributed by atoms with Gasteiger partial charge in [0.05, 0.1) is 26.4 Å². The Balaban J connectivity index is 2.18. The number of aliphatic hydroxyl groups is 2. The minimum Gasteiger partial charge on any atom is -0.392 e. The molecule has 1 aromatic rings. The van der Waals surface area contributed by atoms with Gasteiger partial charge >= 0.3 is 0 Å². The first-order valence-electron chi connectivity index (χ1n) is 6.12. The maximum atomic E-state index is 9.20. The molecular weight excluding hydrogens is 232 g/mol. The summed E-state index contributed by atoms with van der Waals surface area (Å²) in [7, 11) is 0. The van der Waals surface area contributed by atoms with Crippen molar-refractivity contribution in [2.24, 2.45) is 5.41 Å². The third kappa shape index (κ3) is 3.09. The molecule has 0 unspecified atom stereocenters. The molecule has 1 heterocycles. The van der Waals surface area contributed by atoms with Gasteiger partial charge in [0.2, 0.25) is 0 Å². The zero-order chi connectivity index (χ0) is 13.2. The summed E-state index contributed by atoms with van der Waals surface area (Å²) in [6.07, 6.45) is -0.408. The molecule has 4 heteroatoms. The van der Waals surface area contributed by atoms with Crippen LogP contribution < -0.4 is 0 Å². The molecular formula is C14H20O4. The van der Waals surface area contributed by atoms with Crippen LogP contribution in [0, 0.1) is 5.41 Å². The topological polar surface area (TPSA) is 58.9 Å². The van der Waals surface area contributed by atoms with Crippen LogP contribution in [-0.2, 0) is 22.7 Å². The Labute approximate surface area is 107 Å². The van der Waals surface area contributed by atoms with Crippen molar-refractivity contribution >= 4 is 0 Å². The molecule has 0 saturated carbocycles. The van der Waals surface area contributed by atoms with E-state index in [1.165, 1.54) is 0 Å². The summed E-state index contributed by atoms with van der Waals surface area (Å²) in [5.74, 6) is 0. The van der Waals surface area contributed by atoms with Crippen LogP contribution in [0.2, 0.25) is 0 Å². The van der Waals surface area contributed by atoms with Crippen LogP contribution in [0.25, 0.3) is 0 Å². The van der Waals surface area contributed by atoms with E-state index in [9.17, 15) is 10.2 Å². The molecule has 0 radical (unpaired) electrons. The summed E-state index contributed by atoms with van der Waals surface area (Å²) in [5.41, 5.74) is 2.40. The summed E-state index contributed by atoms with van der Waals surface area (Å²) < 4.78 is 11.4. The molecule has 1 aliphatic heterocycles. The fraction of sp³-hybridized carbons (Fsp3) is 0.571. The van der Waals surface area contributed by atoms with Crippen molar-refractivity contribution in [1.29, 1.82) is 0 Å². The zero-order valence-electron chi connectivity index (χ0n) is 10.8. The van der Waals surface area contributed by atoms with Gasteiger partial charge in [0.25, 0.3) is 0 Å². The van der Waals surface area contributed by atoms with Gasteiger partial charge in [0, 0.05) is 11.0 Å². The summed E-state index contributed by atoms with van der Waals surface area (Å²) in [6, 6.07) is 5.47. The Morgan fingerprint density at radius 2 is 1.56 bits per heavy atom. The standard InChI is InChI=1S/C14H20O4/c1-14(2)8-17-13(18-9-14)12-4-10(6-15)3-11(5-12)7-16/h3-5,13,15-16H,6-9H2,1-2H3. The Bertz CT molecular complexity index is 382. The van der Waals surface area contributed by atoms with Crippen molar-refractivity contribution in [3.63, 3.8) is 0 Å². The van der Waals surface area contributed by atoms with E-state index in [2.05, 4.69) is 13.8 Å². The first-order chi connectivity index (χ1) is 8.54. The molecule has 1 aliphatic rings. The van der Waals surface area contributed by atoms with Crippen LogP contribution in [0.15, 0.2) is 18.2 Å². The lowest BCUT2D eigenvalue weighted by molar-refractivity contribution is -0.226. The molecule has 100 valence electrons. The molecule has 1 aromatic carbocycles. The summed E-state index contributed by atoms with van der Waals surface area (Å²) in [5, 5.41) is 18.4. The zero-order valence-corrected chi connectivity index (χ0v) is 10.8. The SMILES string of the molecule is CC1(C)COC(c2cc(CO)cc(CO)c2)OC1. The highest BCUT2D eigenvalue weighted by molar-refractivity contribution is 5.30. The van der Waals surface area contributed by atoms with Crippen molar-refractivity contribution in [2.45, 2.75) is 33.4 Å². The van der Waals surface area contributed by atoms with E-state index in [4.69, 9.17) is 9.47 Å². The van der Waals surface area contributed by atoms with E-state index < -0.39 is 6.29 Å². The molecule has 4 nitrogen and oxygen atoms in total. The fourth-order valence-corrected chi connectivity index (χ4v) is 1.99. The minimum absolute atomic E-state index is 0.0326. The molecule has 2 N–H and O–H groups in total. The van der Waals surface area contributed by atoms with E-state index in [1.54, 1.807) is 6.07 Å². The molecule has 0 spiro atoms. The van der Waals surface area contributed by atoms with Crippen LogP contribution in [-0.4, -0.2) is 23.4 Å². The van der Waals surface area contributed by atoms with Gasteiger partial charge in [0.15, 0.2) is 6.29 Å². The first kappa shape index (κ1) is 13.5. The van der Waals surface area contributed by atoms with Gasteiger partial charge in [-0.15, -0.1) is 0 Å². The van der Waals surface area contributed by atoms with Gasteiger partial charge < -0.3 is 19.7 Å². The third-order valence-corrected chi connectivity index (χ3v) is 2.96. The number of ether oxygens (including phenoxy) is 2. The largest absolute Gasteiger partial charge is 0.392 e. The molecule has 0 atom stereocenters. The van der Waals surface area contributed by atoms with Crippen LogP contribution in [0.4, 0.5) is 0 Å². The van der Waals surface area contributed by atoms with Gasteiger partial charge in [-0.3, -0.25) is 0 Å². The van der Waals surface area contributed by atoms with Gasteiger partial charge in [-0.25, -0.2) is 0 Å². The number of hydrogen-bond donors (Lipinski definition) is 2. The Kier molecular flexibility index (Phi) is 4.02. The van der Waals surface area contributed by atoms with Crippen molar-refractivity contribution in [3.8, 4) is 0 Å². The molecule has 0 aliphatic carbocycles. The molecule has 0 bridgehead atoms. The lowest BCUT2D eigenvalue weighted by Gasteiger charge is -2.34. The number of benzene rings is 1. The quantitative estimate of drug-likeness (QED) is 0.860. The molecule has 0 aromatic heterocycles. The molecule has 18 heavy (non-hydrogen) atoms. The van der Waals surface area contributed by atoms with Gasteiger partial charge in [0.1, 0.15) is 0 Å². The predicted molar refractivity (Wildman–Crippen MR) is 66.7 cm³/mol. The number of hydrogen-bond acceptors (Lipinski definition) is 4. The lowest BCUT2D eigenvalue weighted by Crippen LogP contribution is -2.33. The van der Waals surface area contributed by atoms with E-state index in [-0.39, 0.29) is 18.6 Å². The maximum absolute atomic E-state index is 9.20. The van der Waals surface area contributed by atoms with Crippen LogP contribution in [0.5, 0.6) is 0 Å². The lowest BCUT2D eigenvalue weighted by atomic mass is 9.95. The van der Waals surface area contributed by atoms with Gasteiger partial charge in [-0.1, -0.05) is 19.9 Å². The monoisotopic (exact) mass is 252 g/mol. The second-order valence-corrected chi connectivity index (χ2v) is 5.52. The number of aliphatic hydroxyl groups excluding tert-OH is 2. The molecule has 0 amide bonds. The average Bonchev–Trinajstić information content (AvgIpc) is 2.38. The summed E-state index contributed by atoms with van der Waals surface area (Å²) in [6.45, 7) is 5.34. The average molecular weight is 252 g/mol. The van der Waals surface area contributed by atoms with Gasteiger partial charge in [-0.2, -0.15) is 0 Å². The number of rotatable bonds is 3. The molecule has 2 rings (SSSR count). The van der Waals surface area contributed by atoms with Crippen LogP contribution in [0.3, 0.4) is 0 Å². The molecule has 1 fully saturated rings. The van der Waals surface area contributed by atoms with Crippen molar-refractivity contribution in [2.75, 3.05) is 13.2 Å². The normalized spacial score (nSPS) is 20.0. The van der Waals surface area contributed by atoms with E-state index in [1.807, 2.05) is 12.1 Å². The Morgan fingerprint density at radius 3 is 2.00 bits per heavy atom. The second kappa shape index (κ2) is 5.36. The van der Waals surface area contributed by atoms with E-state index >= 15 is 0 Å².